The van der Waals surface area contributed by atoms with E-state index < -0.39 is 0 Å². The molecule has 0 aliphatic heterocycles. The van der Waals surface area contributed by atoms with Crippen molar-refractivity contribution in [2.45, 2.75) is 12.8 Å². The predicted octanol–water partition coefficient (Wildman–Crippen LogP) is 3.59. The van der Waals surface area contributed by atoms with E-state index in [2.05, 4.69) is 0 Å². The summed E-state index contributed by atoms with van der Waals surface area (Å²) in [5, 5.41) is 0.684. The Morgan fingerprint density at radius 1 is 1.05 bits per heavy atom. The molecule has 0 aromatic heterocycles. The van der Waals surface area contributed by atoms with Crippen LogP contribution in [0.25, 0.3) is 0 Å². The third-order valence-corrected chi connectivity index (χ3v) is 3.84. The summed E-state index contributed by atoms with van der Waals surface area (Å²) >= 11 is 5.85. The van der Waals surface area contributed by atoms with Gasteiger partial charge in [-0.15, -0.1) is 0 Å². The molecule has 2 aromatic carbocycles. The molecule has 116 valence electrons. The van der Waals surface area contributed by atoms with Gasteiger partial charge in [0.2, 0.25) is 5.91 Å². The van der Waals surface area contributed by atoms with Crippen LogP contribution in [-0.4, -0.2) is 31.5 Å². The van der Waals surface area contributed by atoms with E-state index in [9.17, 15) is 4.79 Å². The van der Waals surface area contributed by atoms with Crippen molar-refractivity contribution < 1.29 is 9.53 Å². The maximum atomic E-state index is 12.2. The largest absolute Gasteiger partial charge is 0.497 e. The fourth-order valence-corrected chi connectivity index (χ4v) is 2.25. The number of halogens is 1. The van der Waals surface area contributed by atoms with Crippen LogP contribution in [0.2, 0.25) is 5.02 Å². The Hall–Kier alpha value is -2.00. The van der Waals surface area contributed by atoms with E-state index in [1.165, 1.54) is 5.56 Å². The molecule has 0 radical (unpaired) electrons. The van der Waals surface area contributed by atoms with Gasteiger partial charge in [-0.05, 0) is 41.8 Å². The van der Waals surface area contributed by atoms with Crippen LogP contribution in [0.5, 0.6) is 5.75 Å². The highest BCUT2D eigenvalue weighted by Crippen LogP contribution is 2.13. The SMILES string of the molecule is COc1ccc(CCN(C)C(=O)Cc2ccc(Cl)cc2)cc1. The lowest BCUT2D eigenvalue weighted by Crippen LogP contribution is -2.30. The highest BCUT2D eigenvalue weighted by atomic mass is 35.5. The van der Waals surface area contributed by atoms with Crippen LogP contribution in [0.1, 0.15) is 11.1 Å². The topological polar surface area (TPSA) is 29.5 Å². The van der Waals surface area contributed by atoms with Gasteiger partial charge in [0.25, 0.3) is 0 Å². The van der Waals surface area contributed by atoms with Gasteiger partial charge in [0.1, 0.15) is 5.75 Å². The van der Waals surface area contributed by atoms with Crippen LogP contribution in [0.15, 0.2) is 48.5 Å². The Morgan fingerprint density at radius 2 is 1.64 bits per heavy atom. The molecular formula is C18H20ClNO2. The van der Waals surface area contributed by atoms with Crippen molar-refractivity contribution in [3.63, 3.8) is 0 Å². The first-order chi connectivity index (χ1) is 10.6. The first kappa shape index (κ1) is 16.4. The van der Waals surface area contributed by atoms with E-state index in [4.69, 9.17) is 16.3 Å². The Bertz CT molecular complexity index is 608. The number of hydrogen-bond acceptors (Lipinski definition) is 2. The highest BCUT2D eigenvalue weighted by molar-refractivity contribution is 6.30. The Balaban J connectivity index is 1.84. The van der Waals surface area contributed by atoms with Crippen molar-refractivity contribution in [3.05, 3.63) is 64.7 Å². The minimum atomic E-state index is 0.107. The molecule has 0 aliphatic carbocycles. The number of amides is 1. The molecular weight excluding hydrogens is 298 g/mol. The number of carbonyl (C=O) groups excluding carboxylic acids is 1. The normalized spacial score (nSPS) is 10.3. The second-order valence-electron chi connectivity index (χ2n) is 5.22. The average molecular weight is 318 g/mol. The van der Waals surface area contributed by atoms with E-state index in [1.807, 2.05) is 55.6 Å². The van der Waals surface area contributed by atoms with Gasteiger partial charge in [-0.3, -0.25) is 4.79 Å². The minimum Gasteiger partial charge on any atom is -0.497 e. The third-order valence-electron chi connectivity index (χ3n) is 3.59. The number of nitrogens with zero attached hydrogens (tertiary/aromatic N) is 1. The van der Waals surface area contributed by atoms with E-state index >= 15 is 0 Å². The fraction of sp³-hybridized carbons (Fsp3) is 0.278. The molecule has 3 nitrogen and oxygen atoms in total. The molecule has 4 heteroatoms. The molecule has 22 heavy (non-hydrogen) atoms. The zero-order valence-electron chi connectivity index (χ0n) is 12.9. The summed E-state index contributed by atoms with van der Waals surface area (Å²) in [5.74, 6) is 0.951. The lowest BCUT2D eigenvalue weighted by atomic mass is 10.1. The van der Waals surface area contributed by atoms with Crippen LogP contribution in [0.4, 0.5) is 0 Å². The van der Waals surface area contributed by atoms with E-state index in [-0.39, 0.29) is 5.91 Å². The molecule has 0 spiro atoms. The van der Waals surface area contributed by atoms with Gasteiger partial charge in [0, 0.05) is 18.6 Å². The summed E-state index contributed by atoms with van der Waals surface area (Å²) in [7, 11) is 3.49. The smallest absolute Gasteiger partial charge is 0.226 e. The number of carbonyl (C=O) groups is 1. The van der Waals surface area contributed by atoms with Gasteiger partial charge in [0.05, 0.1) is 13.5 Å². The lowest BCUT2D eigenvalue weighted by molar-refractivity contribution is -0.129. The molecule has 2 aromatic rings. The van der Waals surface area contributed by atoms with E-state index in [0.717, 1.165) is 17.7 Å². The number of rotatable bonds is 6. The van der Waals surface area contributed by atoms with Gasteiger partial charge in [0.15, 0.2) is 0 Å². The maximum Gasteiger partial charge on any atom is 0.226 e. The van der Waals surface area contributed by atoms with Gasteiger partial charge in [-0.2, -0.15) is 0 Å². The van der Waals surface area contributed by atoms with E-state index in [0.29, 0.717) is 18.0 Å². The molecule has 0 aliphatic rings. The quantitative estimate of drug-likeness (QED) is 0.815. The summed E-state index contributed by atoms with van der Waals surface area (Å²) in [6, 6.07) is 15.3. The minimum absolute atomic E-state index is 0.107. The standard InChI is InChI=1S/C18H20ClNO2/c1-20(12-11-14-5-9-17(22-2)10-6-14)18(21)13-15-3-7-16(19)8-4-15/h3-10H,11-13H2,1-2H3. The molecule has 0 fully saturated rings. The van der Waals surface area contributed by atoms with Gasteiger partial charge < -0.3 is 9.64 Å². The highest BCUT2D eigenvalue weighted by Gasteiger charge is 2.09. The third kappa shape index (κ3) is 4.78. The lowest BCUT2D eigenvalue weighted by Gasteiger charge is -2.17. The summed E-state index contributed by atoms with van der Waals surface area (Å²) in [4.78, 5) is 14.0. The number of ether oxygens (including phenoxy) is 1. The molecule has 0 heterocycles. The van der Waals surface area contributed by atoms with Crippen molar-refractivity contribution in [1.29, 1.82) is 0 Å². The van der Waals surface area contributed by atoms with Crippen molar-refractivity contribution in [3.8, 4) is 5.75 Å². The first-order valence-corrected chi connectivity index (χ1v) is 7.57. The Labute approximate surface area is 136 Å². The zero-order chi connectivity index (χ0) is 15.9. The van der Waals surface area contributed by atoms with Crippen LogP contribution in [0, 0.1) is 0 Å². The molecule has 2 rings (SSSR count). The van der Waals surface area contributed by atoms with Crippen molar-refractivity contribution in [2.24, 2.45) is 0 Å². The molecule has 0 saturated carbocycles. The number of hydrogen-bond donors (Lipinski definition) is 0. The van der Waals surface area contributed by atoms with Crippen LogP contribution in [0.3, 0.4) is 0 Å². The number of likely N-dealkylation sites (N-methyl/N-ethyl adjacent to an activating group) is 1. The second kappa shape index (κ2) is 7.85. The van der Waals surface area contributed by atoms with Crippen LogP contribution >= 0.6 is 11.6 Å². The second-order valence-corrected chi connectivity index (χ2v) is 5.65. The number of methoxy groups -OCH3 is 1. The average Bonchev–Trinajstić information content (AvgIpc) is 2.55. The first-order valence-electron chi connectivity index (χ1n) is 7.20. The molecule has 0 N–H and O–H groups in total. The van der Waals surface area contributed by atoms with Gasteiger partial charge in [-0.1, -0.05) is 35.9 Å². The summed E-state index contributed by atoms with van der Waals surface area (Å²) in [6.45, 7) is 0.693. The van der Waals surface area contributed by atoms with Crippen molar-refractivity contribution >= 4 is 17.5 Å². The Kier molecular flexibility index (Phi) is 5.84. The van der Waals surface area contributed by atoms with Crippen molar-refractivity contribution in [1.82, 2.24) is 4.90 Å². The summed E-state index contributed by atoms with van der Waals surface area (Å²) in [5.41, 5.74) is 2.16. The predicted molar refractivity (Wildman–Crippen MR) is 89.5 cm³/mol. The molecule has 1 amide bonds. The zero-order valence-corrected chi connectivity index (χ0v) is 13.6. The van der Waals surface area contributed by atoms with E-state index in [1.54, 1.807) is 12.0 Å². The monoisotopic (exact) mass is 317 g/mol. The van der Waals surface area contributed by atoms with Crippen molar-refractivity contribution in [2.75, 3.05) is 20.7 Å². The van der Waals surface area contributed by atoms with Gasteiger partial charge >= 0.3 is 0 Å². The summed E-state index contributed by atoms with van der Waals surface area (Å²) < 4.78 is 5.13. The van der Waals surface area contributed by atoms with Gasteiger partial charge in [-0.25, -0.2) is 0 Å². The summed E-state index contributed by atoms with van der Waals surface area (Å²) in [6.07, 6.45) is 1.23. The maximum absolute atomic E-state index is 12.2. The number of benzene rings is 2. The van der Waals surface area contributed by atoms with Crippen LogP contribution < -0.4 is 4.74 Å². The van der Waals surface area contributed by atoms with Crippen LogP contribution in [-0.2, 0) is 17.6 Å². The fourth-order valence-electron chi connectivity index (χ4n) is 2.13. The molecule has 0 unspecified atom stereocenters. The molecule has 0 atom stereocenters. The molecule has 0 saturated heterocycles. The molecule has 0 bridgehead atoms. The Morgan fingerprint density at radius 3 is 2.23 bits per heavy atom.